The number of halogens is 1. The van der Waals surface area contributed by atoms with Crippen molar-refractivity contribution in [1.29, 1.82) is 0 Å². The van der Waals surface area contributed by atoms with Gasteiger partial charge >= 0.3 is 0 Å². The van der Waals surface area contributed by atoms with Gasteiger partial charge in [-0.15, -0.1) is 0 Å². The number of hydrogen-bond donors (Lipinski definition) is 2. The molecule has 2 heterocycles. The van der Waals surface area contributed by atoms with Crippen LogP contribution in [0.3, 0.4) is 0 Å². The molecule has 7 heteroatoms. The van der Waals surface area contributed by atoms with E-state index >= 15 is 0 Å². The smallest absolute Gasteiger partial charge is 0.257 e. The third-order valence-electron chi connectivity index (χ3n) is 2.85. The van der Waals surface area contributed by atoms with Crippen LogP contribution in [0, 0.1) is 0 Å². The van der Waals surface area contributed by atoms with Crippen molar-refractivity contribution >= 4 is 29.0 Å². The van der Waals surface area contributed by atoms with Crippen LogP contribution in [0.25, 0.3) is 0 Å². The summed E-state index contributed by atoms with van der Waals surface area (Å²) in [6, 6.07) is 1.87. The molecule has 0 radical (unpaired) electrons. The van der Waals surface area contributed by atoms with Gasteiger partial charge < -0.3 is 10.6 Å². The van der Waals surface area contributed by atoms with Crippen LogP contribution < -0.4 is 10.6 Å². The van der Waals surface area contributed by atoms with Crippen molar-refractivity contribution in [2.24, 2.45) is 0 Å². The second-order valence-electron chi connectivity index (χ2n) is 4.84. The summed E-state index contributed by atoms with van der Waals surface area (Å²) in [6.45, 7) is 6.70. The van der Waals surface area contributed by atoms with Crippen LogP contribution in [0.1, 0.15) is 37.2 Å². The Morgan fingerprint density at radius 1 is 1.43 bits per heavy atom. The van der Waals surface area contributed by atoms with Gasteiger partial charge in [0.1, 0.15) is 5.82 Å². The standard InChI is InChI=1S/C14H18ClN5O/c1-4-16-13-5-11(12(15)7-17-13)14(21)19-10-6-18-20(8-10)9(2)3/h5-9H,4H2,1-3H3,(H,16,17)(H,19,21). The Bertz CT molecular complexity index is 638. The highest BCUT2D eigenvalue weighted by atomic mass is 35.5. The van der Waals surface area contributed by atoms with E-state index in [4.69, 9.17) is 11.6 Å². The second kappa shape index (κ2) is 6.58. The molecule has 6 nitrogen and oxygen atoms in total. The zero-order valence-corrected chi connectivity index (χ0v) is 13.0. The lowest BCUT2D eigenvalue weighted by Gasteiger charge is -2.08. The van der Waals surface area contributed by atoms with Crippen LogP contribution in [-0.4, -0.2) is 27.2 Å². The van der Waals surface area contributed by atoms with Gasteiger partial charge in [-0.05, 0) is 26.8 Å². The molecule has 0 fully saturated rings. The number of aromatic nitrogens is 3. The zero-order chi connectivity index (χ0) is 15.4. The average Bonchev–Trinajstić information content (AvgIpc) is 2.90. The molecule has 0 aliphatic rings. The van der Waals surface area contributed by atoms with Gasteiger partial charge in [0.15, 0.2) is 0 Å². The van der Waals surface area contributed by atoms with Gasteiger partial charge in [-0.3, -0.25) is 9.48 Å². The molecule has 2 aromatic heterocycles. The molecule has 0 aliphatic heterocycles. The van der Waals surface area contributed by atoms with Gasteiger partial charge in [-0.1, -0.05) is 11.6 Å². The average molecular weight is 308 g/mol. The quantitative estimate of drug-likeness (QED) is 0.890. The summed E-state index contributed by atoms with van der Waals surface area (Å²) in [7, 11) is 0. The minimum atomic E-state index is -0.287. The molecule has 112 valence electrons. The normalized spacial score (nSPS) is 10.7. The van der Waals surface area contributed by atoms with Crippen LogP contribution >= 0.6 is 11.6 Å². The van der Waals surface area contributed by atoms with Crippen LogP contribution in [0.5, 0.6) is 0 Å². The summed E-state index contributed by atoms with van der Waals surface area (Å²) in [4.78, 5) is 16.4. The van der Waals surface area contributed by atoms with Crippen molar-refractivity contribution in [3.8, 4) is 0 Å². The largest absolute Gasteiger partial charge is 0.370 e. The lowest BCUT2D eigenvalue weighted by Crippen LogP contribution is -2.13. The van der Waals surface area contributed by atoms with Gasteiger partial charge in [0.05, 0.1) is 22.5 Å². The predicted molar refractivity (Wildman–Crippen MR) is 84.0 cm³/mol. The van der Waals surface area contributed by atoms with E-state index in [1.165, 1.54) is 6.20 Å². The zero-order valence-electron chi connectivity index (χ0n) is 12.2. The van der Waals surface area contributed by atoms with Gasteiger partial charge in [0, 0.05) is 25.0 Å². The molecule has 0 bridgehead atoms. The summed E-state index contributed by atoms with van der Waals surface area (Å²) >= 11 is 6.04. The molecule has 0 aliphatic carbocycles. The molecular weight excluding hydrogens is 290 g/mol. The van der Waals surface area contributed by atoms with Gasteiger partial charge in [-0.2, -0.15) is 5.10 Å². The minimum Gasteiger partial charge on any atom is -0.370 e. The summed E-state index contributed by atoms with van der Waals surface area (Å²) in [6.07, 6.45) is 4.85. The highest BCUT2D eigenvalue weighted by molar-refractivity contribution is 6.34. The molecular formula is C14H18ClN5O. The summed E-state index contributed by atoms with van der Waals surface area (Å²) in [5.41, 5.74) is 1.01. The Morgan fingerprint density at radius 3 is 2.81 bits per heavy atom. The first-order valence-electron chi connectivity index (χ1n) is 6.76. The van der Waals surface area contributed by atoms with Crippen LogP contribution in [-0.2, 0) is 0 Å². The Hall–Kier alpha value is -2.08. The maximum Gasteiger partial charge on any atom is 0.257 e. The first kappa shape index (κ1) is 15.3. The molecule has 2 aromatic rings. The van der Waals surface area contributed by atoms with Crippen LogP contribution in [0.2, 0.25) is 5.02 Å². The molecule has 0 aromatic carbocycles. The second-order valence-corrected chi connectivity index (χ2v) is 5.24. The lowest BCUT2D eigenvalue weighted by atomic mass is 10.2. The van der Waals surface area contributed by atoms with E-state index < -0.39 is 0 Å². The molecule has 0 unspecified atom stereocenters. The molecule has 0 saturated carbocycles. The number of nitrogens with one attached hydrogen (secondary N) is 2. The van der Waals surface area contributed by atoms with Gasteiger partial charge in [-0.25, -0.2) is 4.98 Å². The maximum absolute atomic E-state index is 12.3. The number of amides is 1. The minimum absolute atomic E-state index is 0.237. The molecule has 21 heavy (non-hydrogen) atoms. The fraction of sp³-hybridized carbons (Fsp3) is 0.357. The highest BCUT2D eigenvalue weighted by Crippen LogP contribution is 2.20. The number of carbonyl (C=O) groups excluding carboxylic acids is 1. The van der Waals surface area contributed by atoms with E-state index in [1.807, 2.05) is 20.8 Å². The van der Waals surface area contributed by atoms with E-state index in [1.54, 1.807) is 23.1 Å². The highest BCUT2D eigenvalue weighted by Gasteiger charge is 2.13. The van der Waals surface area contributed by atoms with Gasteiger partial charge in [0.2, 0.25) is 0 Å². The Morgan fingerprint density at radius 2 is 2.19 bits per heavy atom. The van der Waals surface area contributed by atoms with E-state index in [-0.39, 0.29) is 11.9 Å². The van der Waals surface area contributed by atoms with Crippen molar-refractivity contribution < 1.29 is 4.79 Å². The van der Waals surface area contributed by atoms with Gasteiger partial charge in [0.25, 0.3) is 5.91 Å². The fourth-order valence-corrected chi connectivity index (χ4v) is 1.96. The monoisotopic (exact) mass is 307 g/mol. The summed E-state index contributed by atoms with van der Waals surface area (Å²) < 4.78 is 1.77. The van der Waals surface area contributed by atoms with Crippen molar-refractivity contribution in [2.45, 2.75) is 26.8 Å². The third kappa shape index (κ3) is 3.72. The Labute approximate surface area is 128 Å². The molecule has 2 rings (SSSR count). The maximum atomic E-state index is 12.3. The number of rotatable bonds is 5. The number of carbonyl (C=O) groups is 1. The van der Waals surface area contributed by atoms with E-state index in [0.717, 1.165) is 6.54 Å². The predicted octanol–water partition coefficient (Wildman–Crippen LogP) is 3.20. The van der Waals surface area contributed by atoms with Crippen molar-refractivity contribution in [3.63, 3.8) is 0 Å². The molecule has 0 spiro atoms. The number of pyridine rings is 1. The topological polar surface area (TPSA) is 71.8 Å². The van der Waals surface area contributed by atoms with Crippen LogP contribution in [0.15, 0.2) is 24.7 Å². The SMILES string of the molecule is CCNc1cc(C(=O)Nc2cnn(C(C)C)c2)c(Cl)cn1. The van der Waals surface area contributed by atoms with Crippen LogP contribution in [0.4, 0.5) is 11.5 Å². The fourth-order valence-electron chi connectivity index (χ4n) is 1.77. The van der Waals surface area contributed by atoms with Crippen molar-refractivity contribution in [2.75, 3.05) is 17.2 Å². The summed E-state index contributed by atoms with van der Waals surface area (Å²) in [5, 5.41) is 10.3. The first-order chi connectivity index (χ1) is 10.0. The summed E-state index contributed by atoms with van der Waals surface area (Å²) in [5.74, 6) is 0.329. The molecule has 2 N–H and O–H groups in total. The first-order valence-corrected chi connectivity index (χ1v) is 7.14. The Kier molecular flexibility index (Phi) is 4.80. The number of hydrogen-bond acceptors (Lipinski definition) is 4. The molecule has 0 saturated heterocycles. The van der Waals surface area contributed by atoms with E-state index in [2.05, 4.69) is 20.7 Å². The third-order valence-corrected chi connectivity index (χ3v) is 3.15. The molecule has 0 atom stereocenters. The lowest BCUT2D eigenvalue weighted by molar-refractivity contribution is 0.102. The van der Waals surface area contributed by atoms with Crippen molar-refractivity contribution in [1.82, 2.24) is 14.8 Å². The Balaban J connectivity index is 2.17. The molecule has 1 amide bonds. The van der Waals surface area contributed by atoms with E-state index in [9.17, 15) is 4.79 Å². The van der Waals surface area contributed by atoms with E-state index in [0.29, 0.717) is 22.1 Å². The van der Waals surface area contributed by atoms with Crippen molar-refractivity contribution in [3.05, 3.63) is 35.2 Å². The number of nitrogens with zero attached hydrogens (tertiary/aromatic N) is 3. The number of anilines is 2.